The van der Waals surface area contributed by atoms with Crippen molar-refractivity contribution in [3.05, 3.63) is 5.89 Å². The summed E-state index contributed by atoms with van der Waals surface area (Å²) < 4.78 is 5.82. The summed E-state index contributed by atoms with van der Waals surface area (Å²) >= 11 is 0. The van der Waals surface area contributed by atoms with E-state index in [1.807, 2.05) is 0 Å². The van der Waals surface area contributed by atoms with Crippen LogP contribution in [0, 0.1) is 5.92 Å². The van der Waals surface area contributed by atoms with Crippen molar-refractivity contribution in [2.24, 2.45) is 5.92 Å². The summed E-state index contributed by atoms with van der Waals surface area (Å²) in [6.07, 6.45) is 7.77. The minimum atomic E-state index is 0.644. The lowest BCUT2D eigenvalue weighted by Gasteiger charge is -2.36. The van der Waals surface area contributed by atoms with E-state index in [0.717, 1.165) is 31.4 Å². The topological polar surface area (TPSA) is 54.2 Å². The quantitative estimate of drug-likeness (QED) is 0.827. The summed E-state index contributed by atoms with van der Waals surface area (Å²) in [5, 5.41) is 11.7. The van der Waals surface area contributed by atoms with Gasteiger partial charge in [-0.1, -0.05) is 18.4 Å². The summed E-state index contributed by atoms with van der Waals surface area (Å²) in [7, 11) is 0. The summed E-state index contributed by atoms with van der Waals surface area (Å²) in [6.45, 7) is 4.90. The van der Waals surface area contributed by atoms with Gasteiger partial charge in [0.2, 0.25) is 5.89 Å². The molecule has 1 aromatic rings. The van der Waals surface area contributed by atoms with Gasteiger partial charge in [0.25, 0.3) is 0 Å². The first-order chi connectivity index (χ1) is 9.38. The number of hydrogen-bond donors (Lipinski definition) is 1. The lowest BCUT2D eigenvalue weighted by molar-refractivity contribution is 0.338. The summed E-state index contributed by atoms with van der Waals surface area (Å²) in [5.41, 5.74) is 0. The van der Waals surface area contributed by atoms with E-state index in [1.165, 1.54) is 32.1 Å². The highest BCUT2D eigenvalue weighted by Crippen LogP contribution is 2.38. The van der Waals surface area contributed by atoms with Crippen LogP contribution in [0.1, 0.15) is 51.3 Å². The van der Waals surface area contributed by atoms with E-state index in [9.17, 15) is 0 Å². The van der Waals surface area contributed by atoms with Gasteiger partial charge in [-0.25, -0.2) is 0 Å². The smallest absolute Gasteiger partial charge is 0.318 e. The predicted molar refractivity (Wildman–Crippen MR) is 74.0 cm³/mol. The minimum Gasteiger partial charge on any atom is -0.407 e. The zero-order valence-electron chi connectivity index (χ0n) is 11.8. The molecule has 2 heterocycles. The van der Waals surface area contributed by atoms with Crippen LogP contribution in [0.2, 0.25) is 0 Å². The molecule has 1 saturated heterocycles. The Morgan fingerprint density at radius 2 is 2.16 bits per heavy atom. The lowest BCUT2D eigenvalue weighted by Crippen LogP contribution is -2.42. The Labute approximate surface area is 114 Å². The fourth-order valence-corrected chi connectivity index (χ4v) is 3.50. The molecule has 5 heteroatoms. The first kappa shape index (κ1) is 12.9. The van der Waals surface area contributed by atoms with Gasteiger partial charge < -0.3 is 14.6 Å². The predicted octanol–water partition coefficient (Wildman–Crippen LogP) is 2.34. The zero-order chi connectivity index (χ0) is 13.1. The average Bonchev–Trinajstić information content (AvgIpc) is 3.07. The van der Waals surface area contributed by atoms with Gasteiger partial charge in [0.05, 0.1) is 6.54 Å². The summed E-state index contributed by atoms with van der Waals surface area (Å²) in [6, 6.07) is 1.38. The molecule has 0 bridgehead atoms. The van der Waals surface area contributed by atoms with Gasteiger partial charge in [-0.15, -0.1) is 5.10 Å². The van der Waals surface area contributed by atoms with Crippen molar-refractivity contribution in [3.63, 3.8) is 0 Å². The molecule has 0 spiro atoms. The molecule has 2 aliphatic rings. The number of rotatable bonds is 5. The van der Waals surface area contributed by atoms with Crippen LogP contribution in [0.5, 0.6) is 0 Å². The molecule has 0 amide bonds. The maximum atomic E-state index is 5.82. The minimum absolute atomic E-state index is 0.644. The number of aromatic nitrogens is 2. The van der Waals surface area contributed by atoms with Crippen LogP contribution in [0.15, 0.2) is 4.42 Å². The third kappa shape index (κ3) is 2.76. The van der Waals surface area contributed by atoms with Gasteiger partial charge in [0.15, 0.2) is 0 Å². The number of nitrogens with zero attached hydrogens (tertiary/aromatic N) is 3. The molecule has 2 fully saturated rings. The zero-order valence-corrected chi connectivity index (χ0v) is 11.8. The molecule has 1 aliphatic heterocycles. The Balaban J connectivity index is 1.64. The van der Waals surface area contributed by atoms with Crippen molar-refractivity contribution >= 4 is 6.01 Å². The highest BCUT2D eigenvalue weighted by atomic mass is 16.4. The molecule has 106 valence electrons. The summed E-state index contributed by atoms with van der Waals surface area (Å²) in [4.78, 5) is 2.36. The van der Waals surface area contributed by atoms with Crippen LogP contribution in [0.4, 0.5) is 6.01 Å². The van der Waals surface area contributed by atoms with Crippen molar-refractivity contribution in [1.29, 1.82) is 0 Å². The molecule has 19 heavy (non-hydrogen) atoms. The van der Waals surface area contributed by atoms with E-state index >= 15 is 0 Å². The first-order valence-electron chi connectivity index (χ1n) is 7.68. The molecule has 1 N–H and O–H groups in total. The van der Waals surface area contributed by atoms with Gasteiger partial charge in [-0.2, -0.15) is 0 Å². The largest absolute Gasteiger partial charge is 0.407 e. The molecule has 0 radical (unpaired) electrons. The fourth-order valence-electron chi connectivity index (χ4n) is 3.50. The van der Waals surface area contributed by atoms with Crippen molar-refractivity contribution in [2.45, 2.75) is 58.0 Å². The number of nitrogens with one attached hydrogen (secondary N) is 1. The molecule has 2 atom stereocenters. The highest BCUT2D eigenvalue weighted by Gasteiger charge is 2.37. The van der Waals surface area contributed by atoms with Crippen molar-refractivity contribution in [3.8, 4) is 0 Å². The Hall–Kier alpha value is -1.10. The maximum absolute atomic E-state index is 5.82. The van der Waals surface area contributed by atoms with Crippen LogP contribution in [0.3, 0.4) is 0 Å². The monoisotopic (exact) mass is 264 g/mol. The Kier molecular flexibility index (Phi) is 4.01. The molecular formula is C14H24N4O. The van der Waals surface area contributed by atoms with Gasteiger partial charge in [-0.05, 0) is 44.6 Å². The second-order valence-corrected chi connectivity index (χ2v) is 5.75. The van der Waals surface area contributed by atoms with Gasteiger partial charge in [0, 0.05) is 12.6 Å². The number of anilines is 1. The van der Waals surface area contributed by atoms with Crippen molar-refractivity contribution < 1.29 is 4.42 Å². The Morgan fingerprint density at radius 3 is 3.05 bits per heavy atom. The SMILES string of the molecule is CCCNCc1nnc(N2CCCC3CCCC32)o1. The first-order valence-corrected chi connectivity index (χ1v) is 7.68. The average molecular weight is 264 g/mol. The van der Waals surface area contributed by atoms with Gasteiger partial charge in [-0.3, -0.25) is 0 Å². The second kappa shape index (κ2) is 5.90. The van der Waals surface area contributed by atoms with E-state index in [1.54, 1.807) is 0 Å². The fraction of sp³-hybridized carbons (Fsp3) is 0.857. The summed E-state index contributed by atoms with van der Waals surface area (Å²) in [5.74, 6) is 1.56. The normalized spacial score (nSPS) is 26.7. The van der Waals surface area contributed by atoms with Crippen LogP contribution in [0.25, 0.3) is 0 Å². The van der Waals surface area contributed by atoms with E-state index < -0.39 is 0 Å². The molecule has 1 saturated carbocycles. The van der Waals surface area contributed by atoms with Crippen molar-refractivity contribution in [1.82, 2.24) is 15.5 Å². The highest BCUT2D eigenvalue weighted by molar-refractivity contribution is 5.29. The van der Waals surface area contributed by atoms with Crippen LogP contribution >= 0.6 is 0 Å². The molecule has 1 aromatic heterocycles. The standard InChI is InChI=1S/C14H24N4O/c1-2-8-15-10-13-16-17-14(19-13)18-9-4-6-11-5-3-7-12(11)18/h11-12,15H,2-10H2,1H3. The number of piperidine rings is 1. The molecular weight excluding hydrogens is 240 g/mol. The number of hydrogen-bond acceptors (Lipinski definition) is 5. The van der Waals surface area contributed by atoms with Gasteiger partial charge in [0.1, 0.15) is 0 Å². The van der Waals surface area contributed by atoms with E-state index in [0.29, 0.717) is 18.5 Å². The lowest BCUT2D eigenvalue weighted by atomic mass is 9.92. The molecule has 5 nitrogen and oxygen atoms in total. The molecule has 1 aliphatic carbocycles. The molecule has 0 aromatic carbocycles. The Bertz CT molecular complexity index is 406. The van der Waals surface area contributed by atoms with E-state index in [2.05, 4.69) is 27.3 Å². The third-order valence-corrected chi connectivity index (χ3v) is 4.40. The maximum Gasteiger partial charge on any atom is 0.318 e. The second-order valence-electron chi connectivity index (χ2n) is 5.75. The third-order valence-electron chi connectivity index (χ3n) is 4.40. The number of fused-ring (bicyclic) bond motifs is 1. The van der Waals surface area contributed by atoms with Crippen LogP contribution < -0.4 is 10.2 Å². The molecule has 2 unspecified atom stereocenters. The Morgan fingerprint density at radius 1 is 1.26 bits per heavy atom. The van der Waals surface area contributed by atoms with E-state index in [-0.39, 0.29) is 0 Å². The van der Waals surface area contributed by atoms with Gasteiger partial charge >= 0.3 is 6.01 Å². The molecule has 3 rings (SSSR count). The van der Waals surface area contributed by atoms with Crippen LogP contribution in [-0.4, -0.2) is 29.3 Å². The van der Waals surface area contributed by atoms with Crippen molar-refractivity contribution in [2.75, 3.05) is 18.0 Å². The van der Waals surface area contributed by atoms with E-state index in [4.69, 9.17) is 4.42 Å². The van der Waals surface area contributed by atoms with Crippen LogP contribution in [-0.2, 0) is 6.54 Å².